The second kappa shape index (κ2) is 8.90. The molecule has 1 aromatic heterocycles. The smallest absolute Gasteiger partial charge is 0.410 e. The Morgan fingerprint density at radius 1 is 1.24 bits per heavy atom. The van der Waals surface area contributed by atoms with E-state index in [1.54, 1.807) is 40.5 Å². The van der Waals surface area contributed by atoms with E-state index in [0.717, 1.165) is 10.9 Å². The van der Waals surface area contributed by atoms with Gasteiger partial charge in [0.25, 0.3) is 5.91 Å². The van der Waals surface area contributed by atoms with Gasteiger partial charge in [0.15, 0.2) is 5.82 Å². The minimum Gasteiger partial charge on any atom is -0.444 e. The van der Waals surface area contributed by atoms with E-state index in [9.17, 15) is 9.59 Å². The molecule has 7 nitrogen and oxygen atoms in total. The Bertz CT molecular complexity index is 852. The van der Waals surface area contributed by atoms with Gasteiger partial charge in [0.2, 0.25) is 0 Å². The minimum atomic E-state index is -0.529. The Morgan fingerprint density at radius 2 is 1.97 bits per heavy atom. The predicted molar refractivity (Wildman–Crippen MR) is 114 cm³/mol. The molecule has 1 aromatic carbocycles. The molecule has 0 aliphatic carbocycles. The van der Waals surface area contributed by atoms with E-state index in [1.165, 1.54) is 0 Å². The summed E-state index contributed by atoms with van der Waals surface area (Å²) in [6.45, 7) is 7.16. The number of hydrogen-bond donors (Lipinski definition) is 0. The fourth-order valence-corrected chi connectivity index (χ4v) is 3.46. The zero-order valence-corrected chi connectivity index (χ0v) is 18.4. The number of carbonyl (C=O) groups is 2. The van der Waals surface area contributed by atoms with Crippen LogP contribution in [0.25, 0.3) is 0 Å². The van der Waals surface area contributed by atoms with Gasteiger partial charge < -0.3 is 9.64 Å². The number of hydrogen-bond acceptors (Lipinski definition) is 5. The Hall–Kier alpha value is -2.48. The lowest BCUT2D eigenvalue weighted by Gasteiger charge is -2.26. The van der Waals surface area contributed by atoms with Crippen LogP contribution < -0.4 is 4.90 Å². The number of anilines is 1. The van der Waals surface area contributed by atoms with Crippen molar-refractivity contribution in [2.75, 3.05) is 24.5 Å². The first-order chi connectivity index (χ1) is 13.7. The maximum absolute atomic E-state index is 13.2. The molecule has 0 N–H and O–H groups in total. The van der Waals surface area contributed by atoms with E-state index in [0.29, 0.717) is 31.0 Å². The number of amides is 2. The molecule has 29 heavy (non-hydrogen) atoms. The second-order valence-corrected chi connectivity index (χ2v) is 8.98. The van der Waals surface area contributed by atoms with Crippen LogP contribution in [0.2, 0.25) is 0 Å². The zero-order chi connectivity index (χ0) is 21.0. The third-order valence-electron chi connectivity index (χ3n) is 4.54. The van der Waals surface area contributed by atoms with Gasteiger partial charge in [-0.25, -0.2) is 9.78 Å². The normalized spacial score (nSPS) is 16.6. The highest BCUT2D eigenvalue weighted by molar-refractivity contribution is 9.10. The molecule has 0 radical (unpaired) electrons. The summed E-state index contributed by atoms with van der Waals surface area (Å²) >= 11 is 3.39. The van der Waals surface area contributed by atoms with Crippen LogP contribution >= 0.6 is 15.9 Å². The molecule has 0 bridgehead atoms. The Labute approximate surface area is 179 Å². The molecule has 2 aromatic rings. The molecule has 2 amide bonds. The van der Waals surface area contributed by atoms with Crippen molar-refractivity contribution in [2.24, 2.45) is 5.92 Å². The van der Waals surface area contributed by atoms with Crippen LogP contribution in [0.4, 0.5) is 10.6 Å². The SMILES string of the molecule is CC(C)(C)OC(=O)N1CC[C@@H](CN(C(=O)c2ccc(Br)cc2)c2cnccn2)C1. The Balaban J connectivity index is 1.74. The molecule has 0 spiro atoms. The highest BCUT2D eigenvalue weighted by Crippen LogP contribution is 2.24. The summed E-state index contributed by atoms with van der Waals surface area (Å²) in [6.07, 6.45) is 5.20. The highest BCUT2D eigenvalue weighted by Gasteiger charge is 2.32. The maximum Gasteiger partial charge on any atom is 0.410 e. The number of likely N-dealkylation sites (tertiary alicyclic amines) is 1. The molecule has 3 rings (SSSR count). The molecule has 2 heterocycles. The molecule has 1 aliphatic rings. The Morgan fingerprint density at radius 3 is 2.59 bits per heavy atom. The molecular formula is C21H25BrN4O3. The predicted octanol–water partition coefficient (Wildman–Crippen LogP) is 4.14. The first-order valence-electron chi connectivity index (χ1n) is 9.54. The number of nitrogens with zero attached hydrogens (tertiary/aromatic N) is 4. The highest BCUT2D eigenvalue weighted by atomic mass is 79.9. The maximum atomic E-state index is 13.2. The third-order valence-corrected chi connectivity index (χ3v) is 5.07. The van der Waals surface area contributed by atoms with Gasteiger partial charge in [-0.2, -0.15) is 0 Å². The van der Waals surface area contributed by atoms with Crippen LogP contribution in [0, 0.1) is 5.92 Å². The molecule has 0 unspecified atom stereocenters. The number of ether oxygens (including phenoxy) is 1. The lowest BCUT2D eigenvalue weighted by molar-refractivity contribution is 0.0289. The van der Waals surface area contributed by atoms with Crippen LogP contribution in [0.3, 0.4) is 0 Å². The summed E-state index contributed by atoms with van der Waals surface area (Å²) in [5.41, 5.74) is 0.0408. The minimum absolute atomic E-state index is 0.129. The molecular weight excluding hydrogens is 436 g/mol. The van der Waals surface area contributed by atoms with Crippen LogP contribution in [-0.2, 0) is 4.74 Å². The van der Waals surface area contributed by atoms with Crippen molar-refractivity contribution in [3.8, 4) is 0 Å². The van der Waals surface area contributed by atoms with E-state index in [2.05, 4.69) is 25.9 Å². The van der Waals surface area contributed by atoms with E-state index >= 15 is 0 Å². The van der Waals surface area contributed by atoms with Crippen LogP contribution in [0.15, 0.2) is 47.3 Å². The number of rotatable bonds is 4. The summed E-state index contributed by atoms with van der Waals surface area (Å²) < 4.78 is 6.37. The topological polar surface area (TPSA) is 75.6 Å². The van der Waals surface area contributed by atoms with Crippen molar-refractivity contribution >= 4 is 33.7 Å². The van der Waals surface area contributed by atoms with Gasteiger partial charge >= 0.3 is 6.09 Å². The van der Waals surface area contributed by atoms with Crippen LogP contribution in [0.5, 0.6) is 0 Å². The fourth-order valence-electron chi connectivity index (χ4n) is 3.19. The number of aromatic nitrogens is 2. The monoisotopic (exact) mass is 460 g/mol. The molecule has 1 atom stereocenters. The molecule has 1 fully saturated rings. The summed E-state index contributed by atoms with van der Waals surface area (Å²) in [6, 6.07) is 7.22. The van der Waals surface area contributed by atoms with E-state index in [4.69, 9.17) is 4.74 Å². The third kappa shape index (κ3) is 5.76. The largest absolute Gasteiger partial charge is 0.444 e. The summed E-state index contributed by atoms with van der Waals surface area (Å²) in [5, 5.41) is 0. The number of carbonyl (C=O) groups excluding carboxylic acids is 2. The van der Waals surface area contributed by atoms with Crippen molar-refractivity contribution in [1.82, 2.24) is 14.9 Å². The van der Waals surface area contributed by atoms with Gasteiger partial charge in [-0.3, -0.25) is 14.7 Å². The Kier molecular flexibility index (Phi) is 6.52. The lowest BCUT2D eigenvalue weighted by Crippen LogP contribution is -2.39. The molecule has 8 heteroatoms. The van der Waals surface area contributed by atoms with Gasteiger partial charge in [-0.05, 0) is 57.4 Å². The van der Waals surface area contributed by atoms with Crippen molar-refractivity contribution in [1.29, 1.82) is 0 Å². The quantitative estimate of drug-likeness (QED) is 0.684. The molecule has 154 valence electrons. The fraction of sp³-hybridized carbons (Fsp3) is 0.429. The van der Waals surface area contributed by atoms with E-state index in [1.807, 2.05) is 32.9 Å². The van der Waals surface area contributed by atoms with Gasteiger partial charge in [0.05, 0.1) is 6.20 Å². The average Bonchev–Trinajstić information content (AvgIpc) is 3.14. The summed E-state index contributed by atoms with van der Waals surface area (Å²) in [5.74, 6) is 0.480. The van der Waals surface area contributed by atoms with E-state index in [-0.39, 0.29) is 17.9 Å². The lowest BCUT2D eigenvalue weighted by atomic mass is 10.1. The van der Waals surface area contributed by atoms with Gasteiger partial charge in [0, 0.05) is 42.1 Å². The van der Waals surface area contributed by atoms with Crippen molar-refractivity contribution in [3.05, 3.63) is 52.9 Å². The number of benzene rings is 1. The van der Waals surface area contributed by atoms with E-state index < -0.39 is 5.60 Å². The van der Waals surface area contributed by atoms with Gasteiger partial charge in [-0.1, -0.05) is 15.9 Å². The summed E-state index contributed by atoms with van der Waals surface area (Å²) in [7, 11) is 0. The standard InChI is InChI=1S/C21H25BrN4O3/c1-21(2,3)29-20(28)25-11-8-15(13-25)14-26(18-12-23-9-10-24-18)19(27)16-4-6-17(22)7-5-16/h4-7,9-10,12,15H,8,11,13-14H2,1-3H3/t15-/m1/s1. The average molecular weight is 461 g/mol. The van der Waals surface area contributed by atoms with Crippen LogP contribution in [0.1, 0.15) is 37.6 Å². The van der Waals surface area contributed by atoms with Crippen LogP contribution in [-0.4, -0.2) is 52.1 Å². The van der Waals surface area contributed by atoms with Gasteiger partial charge in [-0.15, -0.1) is 0 Å². The number of halogens is 1. The van der Waals surface area contributed by atoms with Gasteiger partial charge in [0.1, 0.15) is 5.60 Å². The molecule has 1 aliphatic heterocycles. The first-order valence-corrected chi connectivity index (χ1v) is 10.3. The van der Waals surface area contributed by atoms with Crippen molar-refractivity contribution < 1.29 is 14.3 Å². The molecule has 0 saturated carbocycles. The molecule has 1 saturated heterocycles. The second-order valence-electron chi connectivity index (χ2n) is 8.07. The van der Waals surface area contributed by atoms with Crippen molar-refractivity contribution in [3.63, 3.8) is 0 Å². The summed E-state index contributed by atoms with van der Waals surface area (Å²) in [4.78, 5) is 37.3. The first kappa shape index (κ1) is 21.2. The zero-order valence-electron chi connectivity index (χ0n) is 16.8. The van der Waals surface area contributed by atoms with Crippen molar-refractivity contribution in [2.45, 2.75) is 32.8 Å².